The molecule has 3 N–H and O–H groups in total. The van der Waals surface area contributed by atoms with E-state index in [1.165, 1.54) is 25.9 Å². The van der Waals surface area contributed by atoms with E-state index in [0.29, 0.717) is 29.9 Å². The highest BCUT2D eigenvalue weighted by molar-refractivity contribution is 5.94. The van der Waals surface area contributed by atoms with E-state index in [0.717, 1.165) is 68.0 Å². The number of ether oxygens (including phenoxy) is 2. The molecule has 2 aromatic heterocycles. The Bertz CT molecular complexity index is 1120. The molecule has 0 unspecified atom stereocenters. The Hall–Kier alpha value is -3.11. The second-order valence-corrected chi connectivity index (χ2v) is 9.14. The number of aryl methyl sites for hydroxylation is 1. The number of nitrogens with one attached hydrogen (secondary N) is 3. The summed E-state index contributed by atoms with van der Waals surface area (Å²) >= 11 is 0. The van der Waals surface area contributed by atoms with Crippen LogP contribution in [0.3, 0.4) is 0 Å². The summed E-state index contributed by atoms with van der Waals surface area (Å²) < 4.78 is 11.9. The molecule has 2 aliphatic rings. The number of fused-ring (bicyclic) bond motifs is 1. The number of methoxy groups -OCH3 is 1. The fraction of sp³-hybridized carbons (Fsp3) is 0.560. The molecular weight excluding hydrogens is 444 g/mol. The summed E-state index contributed by atoms with van der Waals surface area (Å²) in [5, 5.41) is 15.1. The lowest BCUT2D eigenvalue weighted by Crippen LogP contribution is -2.44. The highest BCUT2D eigenvalue weighted by atomic mass is 16.5. The molecule has 1 aromatic carbocycles. The monoisotopic (exact) mass is 480 g/mol. The highest BCUT2D eigenvalue weighted by Gasteiger charge is 2.19. The van der Waals surface area contributed by atoms with Gasteiger partial charge in [-0.2, -0.15) is 10.1 Å². The van der Waals surface area contributed by atoms with Crippen LogP contribution in [0.5, 0.6) is 11.5 Å². The average molecular weight is 481 g/mol. The third kappa shape index (κ3) is 5.59. The van der Waals surface area contributed by atoms with Gasteiger partial charge in [-0.1, -0.05) is 6.92 Å². The lowest BCUT2D eigenvalue weighted by Gasteiger charge is -2.28. The number of nitrogens with zero attached hydrogens (tertiary/aromatic N) is 5. The number of likely N-dealkylation sites (tertiary alicyclic amines) is 1. The summed E-state index contributed by atoms with van der Waals surface area (Å²) in [6.45, 7) is 9.78. The second-order valence-electron chi connectivity index (χ2n) is 9.14. The topological polar surface area (TPSA) is 103 Å². The number of hydrogen-bond donors (Lipinski definition) is 3. The number of hydrogen-bond acceptors (Lipinski definition) is 9. The first-order chi connectivity index (χ1) is 17.2. The van der Waals surface area contributed by atoms with Crippen molar-refractivity contribution in [3.8, 4) is 11.5 Å². The Morgan fingerprint density at radius 1 is 1.03 bits per heavy atom. The Kier molecular flexibility index (Phi) is 7.48. The molecule has 2 saturated heterocycles. The molecule has 0 bridgehead atoms. The van der Waals surface area contributed by atoms with Crippen LogP contribution in [0.1, 0.15) is 31.9 Å². The lowest BCUT2D eigenvalue weighted by atomic mass is 10.2. The third-order valence-electron chi connectivity index (χ3n) is 6.70. The van der Waals surface area contributed by atoms with Gasteiger partial charge in [-0.3, -0.25) is 5.10 Å². The van der Waals surface area contributed by atoms with Crippen molar-refractivity contribution in [2.24, 2.45) is 0 Å². The number of aromatic nitrogens is 4. The molecule has 0 amide bonds. The summed E-state index contributed by atoms with van der Waals surface area (Å²) in [6.07, 6.45) is 4.49. The van der Waals surface area contributed by atoms with Crippen molar-refractivity contribution < 1.29 is 9.47 Å². The summed E-state index contributed by atoms with van der Waals surface area (Å²) in [6, 6.07) is 5.94. The number of piperazine rings is 1. The van der Waals surface area contributed by atoms with Crippen LogP contribution in [0.15, 0.2) is 18.2 Å². The van der Waals surface area contributed by atoms with Crippen molar-refractivity contribution in [2.75, 3.05) is 69.7 Å². The minimum absolute atomic E-state index is 0.645. The standard InChI is InChI=1S/C25H36N8O2/c1-3-18-15-23(31-30-18)28-24-19-16-21(34-2)22(35-14-6-11-32-9-4-5-10-32)17-20(19)27-25(29-24)33-12-7-26-8-13-33/h15-17,26H,3-14H2,1-2H3,(H2,27,28,29,30,31). The number of anilines is 3. The summed E-state index contributed by atoms with van der Waals surface area (Å²) in [7, 11) is 1.67. The third-order valence-corrected chi connectivity index (χ3v) is 6.70. The number of aromatic amines is 1. The van der Waals surface area contributed by atoms with Gasteiger partial charge in [0.25, 0.3) is 0 Å². The van der Waals surface area contributed by atoms with E-state index in [9.17, 15) is 0 Å². The maximum absolute atomic E-state index is 6.18. The molecule has 35 heavy (non-hydrogen) atoms. The zero-order chi connectivity index (χ0) is 24.0. The van der Waals surface area contributed by atoms with Gasteiger partial charge in [0.2, 0.25) is 5.95 Å². The molecular formula is C25H36N8O2. The number of benzene rings is 1. The molecule has 188 valence electrons. The summed E-state index contributed by atoms with van der Waals surface area (Å²) in [4.78, 5) is 14.5. The quantitative estimate of drug-likeness (QED) is 0.378. The van der Waals surface area contributed by atoms with Gasteiger partial charge in [0, 0.05) is 55.9 Å². The van der Waals surface area contributed by atoms with Crippen molar-refractivity contribution in [2.45, 2.75) is 32.6 Å². The van der Waals surface area contributed by atoms with Crippen LogP contribution >= 0.6 is 0 Å². The van der Waals surface area contributed by atoms with Gasteiger partial charge in [0.1, 0.15) is 5.82 Å². The maximum Gasteiger partial charge on any atom is 0.227 e. The maximum atomic E-state index is 6.18. The largest absolute Gasteiger partial charge is 0.493 e. The van der Waals surface area contributed by atoms with Crippen molar-refractivity contribution in [1.29, 1.82) is 0 Å². The van der Waals surface area contributed by atoms with Gasteiger partial charge in [-0.05, 0) is 44.8 Å². The van der Waals surface area contributed by atoms with Gasteiger partial charge < -0.3 is 29.9 Å². The molecule has 0 saturated carbocycles. The minimum atomic E-state index is 0.645. The SMILES string of the molecule is CCc1cc(Nc2nc(N3CCNCC3)nc3cc(OCCCN4CCCC4)c(OC)cc23)n[nH]1. The first-order valence-electron chi connectivity index (χ1n) is 12.8. The molecule has 5 rings (SSSR count). The summed E-state index contributed by atoms with van der Waals surface area (Å²) in [5.41, 5.74) is 1.88. The normalized spacial score (nSPS) is 16.7. The van der Waals surface area contributed by atoms with Crippen molar-refractivity contribution >= 4 is 28.5 Å². The lowest BCUT2D eigenvalue weighted by molar-refractivity contribution is 0.254. The predicted octanol–water partition coefficient (Wildman–Crippen LogP) is 2.94. The molecule has 3 aromatic rings. The van der Waals surface area contributed by atoms with Crippen molar-refractivity contribution in [3.63, 3.8) is 0 Å². The smallest absolute Gasteiger partial charge is 0.227 e. The van der Waals surface area contributed by atoms with E-state index in [4.69, 9.17) is 19.4 Å². The Morgan fingerprint density at radius 3 is 2.60 bits per heavy atom. The van der Waals surface area contributed by atoms with Crippen LogP contribution in [-0.2, 0) is 6.42 Å². The van der Waals surface area contributed by atoms with Crippen LogP contribution in [0.4, 0.5) is 17.6 Å². The van der Waals surface area contributed by atoms with Gasteiger partial charge in [0.15, 0.2) is 17.3 Å². The number of H-pyrrole nitrogens is 1. The molecule has 4 heterocycles. The fourth-order valence-corrected chi connectivity index (χ4v) is 4.70. The molecule has 2 aliphatic heterocycles. The first-order valence-corrected chi connectivity index (χ1v) is 12.8. The molecule has 0 spiro atoms. The van der Waals surface area contributed by atoms with Crippen LogP contribution in [0.25, 0.3) is 10.9 Å². The first kappa shape index (κ1) is 23.6. The highest BCUT2D eigenvalue weighted by Crippen LogP contribution is 2.36. The molecule has 0 aliphatic carbocycles. The number of rotatable bonds is 10. The second kappa shape index (κ2) is 11.1. The molecule has 0 radical (unpaired) electrons. The summed E-state index contributed by atoms with van der Waals surface area (Å²) in [5.74, 6) is 3.53. The Balaban J connectivity index is 1.43. The van der Waals surface area contributed by atoms with Gasteiger partial charge in [0.05, 0.1) is 19.2 Å². The van der Waals surface area contributed by atoms with Crippen LogP contribution < -0.4 is 25.0 Å². The molecule has 2 fully saturated rings. The van der Waals surface area contributed by atoms with Crippen LogP contribution in [0.2, 0.25) is 0 Å². The Labute approximate surface area is 206 Å². The fourth-order valence-electron chi connectivity index (χ4n) is 4.70. The zero-order valence-corrected chi connectivity index (χ0v) is 20.8. The van der Waals surface area contributed by atoms with Gasteiger partial charge in [-0.25, -0.2) is 4.98 Å². The molecule has 10 nitrogen and oxygen atoms in total. The van der Waals surface area contributed by atoms with Gasteiger partial charge in [-0.15, -0.1) is 0 Å². The van der Waals surface area contributed by atoms with E-state index in [1.54, 1.807) is 7.11 Å². The zero-order valence-electron chi connectivity index (χ0n) is 20.8. The van der Waals surface area contributed by atoms with Crippen molar-refractivity contribution in [1.82, 2.24) is 30.4 Å². The minimum Gasteiger partial charge on any atom is -0.493 e. The predicted molar refractivity (Wildman–Crippen MR) is 138 cm³/mol. The van der Waals surface area contributed by atoms with E-state index in [-0.39, 0.29) is 0 Å². The molecule has 10 heteroatoms. The van der Waals surface area contributed by atoms with E-state index in [2.05, 4.69) is 37.6 Å². The average Bonchev–Trinajstić information content (AvgIpc) is 3.59. The van der Waals surface area contributed by atoms with E-state index in [1.807, 2.05) is 18.2 Å². The van der Waals surface area contributed by atoms with Crippen LogP contribution in [0, 0.1) is 0 Å². The van der Waals surface area contributed by atoms with Crippen LogP contribution in [-0.4, -0.2) is 84.6 Å². The van der Waals surface area contributed by atoms with E-state index >= 15 is 0 Å². The Morgan fingerprint density at radius 2 is 1.86 bits per heavy atom. The van der Waals surface area contributed by atoms with Gasteiger partial charge >= 0.3 is 0 Å². The van der Waals surface area contributed by atoms with Crippen molar-refractivity contribution in [3.05, 3.63) is 23.9 Å². The molecule has 0 atom stereocenters. The van der Waals surface area contributed by atoms with E-state index < -0.39 is 0 Å².